The van der Waals surface area contributed by atoms with Crippen molar-refractivity contribution >= 4 is 16.7 Å². The van der Waals surface area contributed by atoms with Crippen LogP contribution >= 0.6 is 0 Å². The SMILES string of the molecule is CC(C)CN1C(N)=NCC1(C)c1ccc2ccccc2c1. The lowest BCUT2D eigenvalue weighted by atomic mass is 9.89. The van der Waals surface area contributed by atoms with Crippen molar-refractivity contribution in [2.75, 3.05) is 13.1 Å². The minimum absolute atomic E-state index is 0.140. The standard InChI is InChI=1S/C18H23N3/c1-13(2)11-21-17(19)20-12-18(21,3)16-9-8-14-6-4-5-7-15(14)10-16/h4-10,13H,11-12H2,1-3H3,(H2,19,20). The number of aliphatic imine (C=N–C) groups is 1. The van der Waals surface area contributed by atoms with E-state index in [-0.39, 0.29) is 5.54 Å². The van der Waals surface area contributed by atoms with Gasteiger partial charge in [-0.05, 0) is 35.2 Å². The third kappa shape index (κ3) is 2.37. The van der Waals surface area contributed by atoms with Crippen LogP contribution in [0.25, 0.3) is 10.8 Å². The van der Waals surface area contributed by atoms with E-state index in [9.17, 15) is 0 Å². The van der Waals surface area contributed by atoms with Gasteiger partial charge in [-0.2, -0.15) is 0 Å². The van der Waals surface area contributed by atoms with Crippen LogP contribution in [-0.4, -0.2) is 23.9 Å². The summed E-state index contributed by atoms with van der Waals surface area (Å²) >= 11 is 0. The van der Waals surface area contributed by atoms with E-state index in [0.29, 0.717) is 11.9 Å². The molecule has 1 heterocycles. The monoisotopic (exact) mass is 281 g/mol. The number of hydrogen-bond donors (Lipinski definition) is 1. The molecule has 0 saturated heterocycles. The summed E-state index contributed by atoms with van der Waals surface area (Å²) in [6.07, 6.45) is 0. The van der Waals surface area contributed by atoms with Gasteiger partial charge in [0.2, 0.25) is 0 Å². The number of fused-ring (bicyclic) bond motifs is 1. The molecule has 2 aromatic rings. The number of rotatable bonds is 3. The summed E-state index contributed by atoms with van der Waals surface area (Å²) in [6, 6.07) is 15.1. The van der Waals surface area contributed by atoms with Gasteiger partial charge in [0.25, 0.3) is 0 Å². The number of nitrogens with two attached hydrogens (primary N) is 1. The Kier molecular flexibility index (Phi) is 3.36. The van der Waals surface area contributed by atoms with E-state index in [1.165, 1.54) is 16.3 Å². The number of hydrogen-bond acceptors (Lipinski definition) is 3. The van der Waals surface area contributed by atoms with Crippen molar-refractivity contribution < 1.29 is 0 Å². The van der Waals surface area contributed by atoms with Gasteiger partial charge >= 0.3 is 0 Å². The molecule has 1 aliphatic heterocycles. The molecule has 0 aliphatic carbocycles. The zero-order valence-corrected chi connectivity index (χ0v) is 13.0. The van der Waals surface area contributed by atoms with Gasteiger partial charge in [-0.15, -0.1) is 0 Å². The molecule has 1 unspecified atom stereocenters. The maximum absolute atomic E-state index is 6.13. The molecule has 3 rings (SSSR count). The predicted molar refractivity (Wildman–Crippen MR) is 89.3 cm³/mol. The molecule has 3 nitrogen and oxygen atoms in total. The first-order valence-corrected chi connectivity index (χ1v) is 7.57. The van der Waals surface area contributed by atoms with Crippen LogP contribution in [0.2, 0.25) is 0 Å². The molecular formula is C18H23N3. The Morgan fingerprint density at radius 3 is 2.62 bits per heavy atom. The van der Waals surface area contributed by atoms with E-state index < -0.39 is 0 Å². The summed E-state index contributed by atoms with van der Waals surface area (Å²) in [6.45, 7) is 8.32. The van der Waals surface area contributed by atoms with Crippen LogP contribution in [0.5, 0.6) is 0 Å². The van der Waals surface area contributed by atoms with Gasteiger partial charge in [0.1, 0.15) is 0 Å². The van der Waals surface area contributed by atoms with Crippen molar-refractivity contribution in [3.63, 3.8) is 0 Å². The van der Waals surface area contributed by atoms with E-state index in [4.69, 9.17) is 5.73 Å². The van der Waals surface area contributed by atoms with Crippen molar-refractivity contribution in [2.45, 2.75) is 26.3 Å². The molecule has 2 aromatic carbocycles. The molecule has 1 aliphatic rings. The van der Waals surface area contributed by atoms with Crippen LogP contribution in [-0.2, 0) is 5.54 Å². The fourth-order valence-corrected chi connectivity index (χ4v) is 3.09. The second-order valence-electron chi connectivity index (χ2n) is 6.51. The fraction of sp³-hybridized carbons (Fsp3) is 0.389. The van der Waals surface area contributed by atoms with Gasteiger partial charge in [0, 0.05) is 6.54 Å². The molecule has 0 fully saturated rings. The van der Waals surface area contributed by atoms with Crippen molar-refractivity contribution in [2.24, 2.45) is 16.6 Å². The quantitative estimate of drug-likeness (QED) is 0.937. The molecule has 21 heavy (non-hydrogen) atoms. The molecule has 3 heteroatoms. The smallest absolute Gasteiger partial charge is 0.192 e. The number of nitrogens with zero attached hydrogens (tertiary/aromatic N) is 2. The average molecular weight is 281 g/mol. The van der Waals surface area contributed by atoms with Crippen LogP contribution < -0.4 is 5.73 Å². The van der Waals surface area contributed by atoms with E-state index in [1.54, 1.807) is 0 Å². The normalized spacial score (nSPS) is 22.1. The lowest BCUT2D eigenvalue weighted by molar-refractivity contribution is 0.204. The van der Waals surface area contributed by atoms with Gasteiger partial charge in [-0.3, -0.25) is 4.99 Å². The Morgan fingerprint density at radius 2 is 1.90 bits per heavy atom. The summed E-state index contributed by atoms with van der Waals surface area (Å²) in [5.41, 5.74) is 7.27. The Bertz CT molecular complexity index is 690. The second-order valence-corrected chi connectivity index (χ2v) is 6.51. The summed E-state index contributed by atoms with van der Waals surface area (Å²) in [5.74, 6) is 1.22. The molecule has 0 saturated carbocycles. The number of guanidine groups is 1. The van der Waals surface area contributed by atoms with Crippen LogP contribution in [0.15, 0.2) is 47.5 Å². The minimum Gasteiger partial charge on any atom is -0.370 e. The zero-order valence-electron chi connectivity index (χ0n) is 13.0. The average Bonchev–Trinajstić information content (AvgIpc) is 2.76. The predicted octanol–water partition coefficient (Wildman–Crippen LogP) is 3.34. The topological polar surface area (TPSA) is 41.6 Å². The molecule has 0 aromatic heterocycles. The third-order valence-corrected chi connectivity index (χ3v) is 4.34. The largest absolute Gasteiger partial charge is 0.370 e. The van der Waals surface area contributed by atoms with E-state index in [1.807, 2.05) is 0 Å². The minimum atomic E-state index is -0.140. The van der Waals surface area contributed by atoms with Crippen molar-refractivity contribution in [3.8, 4) is 0 Å². The summed E-state index contributed by atoms with van der Waals surface area (Å²) < 4.78 is 0. The molecule has 0 radical (unpaired) electrons. The first-order valence-electron chi connectivity index (χ1n) is 7.57. The van der Waals surface area contributed by atoms with E-state index in [0.717, 1.165) is 13.1 Å². The lowest BCUT2D eigenvalue weighted by Crippen LogP contribution is -2.49. The van der Waals surface area contributed by atoms with Gasteiger partial charge in [0.15, 0.2) is 5.96 Å². The van der Waals surface area contributed by atoms with Gasteiger partial charge in [0.05, 0.1) is 12.1 Å². The highest BCUT2D eigenvalue weighted by atomic mass is 15.4. The summed E-state index contributed by atoms with van der Waals surface area (Å²) in [7, 11) is 0. The molecule has 1 atom stereocenters. The highest BCUT2D eigenvalue weighted by Crippen LogP contribution is 2.34. The van der Waals surface area contributed by atoms with Crippen molar-refractivity contribution in [1.82, 2.24) is 4.90 Å². The fourth-order valence-electron chi connectivity index (χ4n) is 3.09. The lowest BCUT2D eigenvalue weighted by Gasteiger charge is -2.38. The zero-order chi connectivity index (χ0) is 15.0. The molecule has 110 valence electrons. The van der Waals surface area contributed by atoms with Crippen LogP contribution in [0, 0.1) is 5.92 Å². The first kappa shape index (κ1) is 13.9. The first-order chi connectivity index (χ1) is 10.0. The molecule has 0 spiro atoms. The molecule has 0 amide bonds. The van der Waals surface area contributed by atoms with Gasteiger partial charge < -0.3 is 10.6 Å². The second kappa shape index (κ2) is 5.06. The van der Waals surface area contributed by atoms with Crippen molar-refractivity contribution in [1.29, 1.82) is 0 Å². The Balaban J connectivity index is 2.03. The molecule has 2 N–H and O–H groups in total. The maximum Gasteiger partial charge on any atom is 0.192 e. The van der Waals surface area contributed by atoms with Gasteiger partial charge in [-0.1, -0.05) is 50.2 Å². The number of benzene rings is 2. The Morgan fingerprint density at radius 1 is 1.19 bits per heavy atom. The van der Waals surface area contributed by atoms with Gasteiger partial charge in [-0.25, -0.2) is 0 Å². The highest BCUT2D eigenvalue weighted by Gasteiger charge is 2.39. The third-order valence-electron chi connectivity index (χ3n) is 4.34. The molecule has 0 bridgehead atoms. The van der Waals surface area contributed by atoms with Crippen LogP contribution in [0.1, 0.15) is 26.3 Å². The van der Waals surface area contributed by atoms with Crippen LogP contribution in [0.3, 0.4) is 0 Å². The maximum atomic E-state index is 6.13. The van der Waals surface area contributed by atoms with E-state index >= 15 is 0 Å². The Labute approximate surface area is 126 Å². The summed E-state index contributed by atoms with van der Waals surface area (Å²) in [4.78, 5) is 6.75. The summed E-state index contributed by atoms with van der Waals surface area (Å²) in [5, 5.41) is 2.54. The van der Waals surface area contributed by atoms with E-state index in [2.05, 4.69) is 73.1 Å². The van der Waals surface area contributed by atoms with Crippen molar-refractivity contribution in [3.05, 3.63) is 48.0 Å². The van der Waals surface area contributed by atoms with Crippen LogP contribution in [0.4, 0.5) is 0 Å². The highest BCUT2D eigenvalue weighted by molar-refractivity contribution is 5.85. The Hall–Kier alpha value is -2.03. The molecular weight excluding hydrogens is 258 g/mol.